The predicted molar refractivity (Wildman–Crippen MR) is 150 cm³/mol. The van der Waals surface area contributed by atoms with Crippen molar-refractivity contribution >= 4 is 29.0 Å². The van der Waals surface area contributed by atoms with E-state index < -0.39 is 11.9 Å². The lowest BCUT2D eigenvalue weighted by molar-refractivity contribution is 0.0378. The first-order valence-corrected chi connectivity index (χ1v) is 12.8. The average Bonchev–Trinajstić information content (AvgIpc) is 2.80. The topological polar surface area (TPSA) is 58.5 Å². The van der Waals surface area contributed by atoms with Gasteiger partial charge < -0.3 is 9.47 Å². The zero-order valence-electron chi connectivity index (χ0n) is 23.5. The lowest BCUT2D eigenvalue weighted by Gasteiger charge is -2.24. The Hall–Kier alpha value is -3.44. The van der Waals surface area contributed by atoms with Crippen LogP contribution in [0.4, 0.5) is 17.1 Å². The zero-order chi connectivity index (χ0) is 27.5. The Bertz CT molecular complexity index is 1160. The maximum Gasteiger partial charge on any atom is 0.344 e. The van der Waals surface area contributed by atoms with Crippen molar-refractivity contribution in [1.82, 2.24) is 4.90 Å². The summed E-state index contributed by atoms with van der Waals surface area (Å²) in [6.45, 7) is 17.5. The molecule has 1 radical (unpaired) electrons. The van der Waals surface area contributed by atoms with Gasteiger partial charge in [0.25, 0.3) is 0 Å². The maximum atomic E-state index is 13.6. The van der Waals surface area contributed by atoms with Gasteiger partial charge in [-0.15, -0.1) is 0 Å². The molecule has 0 N–H and O–H groups in total. The highest BCUT2D eigenvalue weighted by molar-refractivity contribution is 6.05. The second-order valence-electron chi connectivity index (χ2n) is 11.1. The number of ether oxygens (including phenoxy) is 2. The number of hydrogen-bond donors (Lipinski definition) is 0. The Morgan fingerprint density at radius 2 is 1.03 bits per heavy atom. The third-order valence-electron chi connectivity index (χ3n) is 5.91. The first-order valence-electron chi connectivity index (χ1n) is 12.8. The molecule has 0 aliphatic carbocycles. The average molecular weight is 502 g/mol. The third kappa shape index (κ3) is 6.86. The van der Waals surface area contributed by atoms with Gasteiger partial charge in [-0.3, -0.25) is 0 Å². The molecule has 0 amide bonds. The number of carbonyl (C=O) groups is 2. The fourth-order valence-corrected chi connectivity index (χ4v) is 3.97. The molecule has 0 fully saturated rings. The quantitative estimate of drug-likeness (QED) is 0.242. The van der Waals surface area contributed by atoms with Crippen LogP contribution in [0.25, 0.3) is 0 Å². The number of aryl methyl sites for hydroxylation is 2. The molecule has 0 bridgehead atoms. The molecular formula is C32H39NO4+. The molecule has 0 saturated heterocycles. The number of benzene rings is 3. The number of nitrogens with zero attached hydrogens (tertiary/aromatic N) is 1. The molecule has 0 aromatic heterocycles. The Kier molecular flexibility index (Phi) is 8.60. The number of carbonyl (C=O) groups excluding carboxylic acids is 2. The number of esters is 2. The molecule has 3 aromatic carbocycles. The van der Waals surface area contributed by atoms with Gasteiger partial charge in [0.2, 0.25) is 5.69 Å². The zero-order valence-corrected chi connectivity index (χ0v) is 23.5. The van der Waals surface area contributed by atoms with Crippen molar-refractivity contribution in [3.8, 4) is 0 Å². The van der Waals surface area contributed by atoms with Crippen LogP contribution in [0.1, 0.15) is 85.9 Å². The fraction of sp³-hybridized carbons (Fsp3) is 0.375. The Morgan fingerprint density at radius 1 is 0.676 bits per heavy atom. The smallest absolute Gasteiger partial charge is 0.344 e. The highest BCUT2D eigenvalue weighted by Gasteiger charge is 2.39. The minimum Gasteiger partial charge on any atom is -0.459 e. The van der Waals surface area contributed by atoms with Crippen LogP contribution in [0.15, 0.2) is 60.7 Å². The summed E-state index contributed by atoms with van der Waals surface area (Å²) in [6.07, 6.45) is -0.645. The van der Waals surface area contributed by atoms with Gasteiger partial charge in [-0.2, -0.15) is 0 Å². The van der Waals surface area contributed by atoms with Crippen LogP contribution < -0.4 is 4.90 Å². The van der Waals surface area contributed by atoms with Gasteiger partial charge in [0.05, 0.1) is 12.2 Å². The van der Waals surface area contributed by atoms with Crippen molar-refractivity contribution in [3.63, 3.8) is 0 Å². The van der Waals surface area contributed by atoms with Gasteiger partial charge in [-0.1, -0.05) is 61.1 Å². The molecule has 0 heterocycles. The maximum absolute atomic E-state index is 13.6. The fourth-order valence-electron chi connectivity index (χ4n) is 3.97. The van der Waals surface area contributed by atoms with Crippen LogP contribution in [-0.4, -0.2) is 24.1 Å². The van der Waals surface area contributed by atoms with Crippen molar-refractivity contribution < 1.29 is 19.1 Å². The van der Waals surface area contributed by atoms with Gasteiger partial charge in [0.1, 0.15) is 11.1 Å². The van der Waals surface area contributed by atoms with Crippen LogP contribution in [0, 0.1) is 13.8 Å². The molecule has 5 nitrogen and oxygen atoms in total. The monoisotopic (exact) mass is 501 g/mol. The van der Waals surface area contributed by atoms with E-state index in [4.69, 9.17) is 9.47 Å². The standard InChI is InChI=1S/C32H39NO4/c1-20(2)36-30(34)27-18-24(32(7,8)9)19-28(31(35)37-21(3)4)29(27)33(25-14-10-22(5)11-15-25)26-16-12-23(6)13-17-26/h10-21H,1-9H3/q+1. The molecule has 0 aliphatic rings. The second kappa shape index (κ2) is 11.3. The molecular weight excluding hydrogens is 462 g/mol. The third-order valence-corrected chi connectivity index (χ3v) is 5.91. The van der Waals surface area contributed by atoms with Crippen LogP contribution in [-0.2, 0) is 14.9 Å². The van der Waals surface area contributed by atoms with E-state index in [0.717, 1.165) is 28.1 Å². The van der Waals surface area contributed by atoms with Crippen molar-refractivity contribution in [2.24, 2.45) is 0 Å². The minimum atomic E-state index is -0.487. The molecule has 5 heteroatoms. The van der Waals surface area contributed by atoms with E-state index in [1.165, 1.54) is 0 Å². The summed E-state index contributed by atoms with van der Waals surface area (Å²) in [5.41, 5.74) is 5.44. The van der Waals surface area contributed by atoms with E-state index >= 15 is 0 Å². The van der Waals surface area contributed by atoms with Crippen molar-refractivity contribution in [1.29, 1.82) is 0 Å². The lowest BCUT2D eigenvalue weighted by atomic mass is 9.84. The Morgan fingerprint density at radius 3 is 1.32 bits per heavy atom. The summed E-state index contributed by atoms with van der Waals surface area (Å²) < 4.78 is 11.4. The van der Waals surface area contributed by atoms with Crippen LogP contribution in [0.2, 0.25) is 0 Å². The van der Waals surface area contributed by atoms with Crippen molar-refractivity contribution in [3.05, 3.63) is 88.5 Å². The van der Waals surface area contributed by atoms with Gasteiger partial charge in [0, 0.05) is 24.3 Å². The van der Waals surface area contributed by atoms with Crippen LogP contribution >= 0.6 is 0 Å². The lowest BCUT2D eigenvalue weighted by Crippen LogP contribution is -2.25. The van der Waals surface area contributed by atoms with E-state index in [2.05, 4.69) is 20.8 Å². The molecule has 0 unspecified atom stereocenters. The molecule has 0 aliphatic heterocycles. The molecule has 0 atom stereocenters. The molecule has 37 heavy (non-hydrogen) atoms. The summed E-state index contributed by atoms with van der Waals surface area (Å²) >= 11 is 0. The van der Waals surface area contributed by atoms with Gasteiger partial charge in [-0.25, -0.2) is 9.59 Å². The minimum absolute atomic E-state index is 0.318. The van der Waals surface area contributed by atoms with Gasteiger partial charge in [0.15, 0.2) is 11.4 Å². The highest BCUT2D eigenvalue weighted by Crippen LogP contribution is 2.41. The molecule has 3 rings (SSSR count). The van der Waals surface area contributed by atoms with Crippen molar-refractivity contribution in [2.45, 2.75) is 79.9 Å². The Labute approximate surface area is 221 Å². The SMILES string of the molecule is Cc1ccc([N+](c2ccc(C)cc2)c2c(C(=O)OC(C)C)cc(C(C)(C)C)cc2C(=O)OC(C)C)cc1. The number of anilines is 3. The predicted octanol–water partition coefficient (Wildman–Crippen LogP) is 8.17. The Balaban J connectivity index is 2.46. The number of hydrogen-bond acceptors (Lipinski definition) is 5. The normalized spacial score (nSPS) is 11.8. The van der Waals surface area contributed by atoms with E-state index in [0.29, 0.717) is 16.8 Å². The molecule has 195 valence electrons. The van der Waals surface area contributed by atoms with Gasteiger partial charge in [-0.05, 0) is 64.7 Å². The molecule has 3 aromatic rings. The van der Waals surface area contributed by atoms with Gasteiger partial charge >= 0.3 is 11.9 Å². The van der Waals surface area contributed by atoms with E-state index in [1.54, 1.807) is 0 Å². The summed E-state index contributed by atoms with van der Waals surface area (Å²) in [4.78, 5) is 29.2. The molecule has 0 spiro atoms. The van der Waals surface area contributed by atoms with Crippen LogP contribution in [0.3, 0.4) is 0 Å². The number of rotatable bonds is 7. The second-order valence-corrected chi connectivity index (χ2v) is 11.1. The summed E-state index contributed by atoms with van der Waals surface area (Å²) in [5.74, 6) is -0.974. The van der Waals surface area contributed by atoms with Crippen molar-refractivity contribution in [2.75, 3.05) is 0 Å². The summed E-state index contributed by atoms with van der Waals surface area (Å²) in [5, 5.41) is 0. The highest BCUT2D eigenvalue weighted by atomic mass is 16.5. The van der Waals surface area contributed by atoms with E-state index in [1.807, 2.05) is 107 Å². The largest absolute Gasteiger partial charge is 0.459 e. The summed E-state index contributed by atoms with van der Waals surface area (Å²) in [7, 11) is 0. The van der Waals surface area contributed by atoms with Crippen LogP contribution in [0.5, 0.6) is 0 Å². The van der Waals surface area contributed by atoms with E-state index in [-0.39, 0.29) is 17.6 Å². The van der Waals surface area contributed by atoms with E-state index in [9.17, 15) is 9.59 Å². The first kappa shape index (κ1) is 28.1. The molecule has 0 saturated carbocycles. The first-order chi connectivity index (χ1) is 17.3. The summed E-state index contributed by atoms with van der Waals surface area (Å²) in [6, 6.07) is 19.7.